The first-order chi connectivity index (χ1) is 6.31. The number of hydrogen-bond acceptors (Lipinski definition) is 3. The third-order valence-corrected chi connectivity index (χ3v) is 2.50. The fourth-order valence-electron chi connectivity index (χ4n) is 1.79. The Labute approximate surface area is 77.6 Å². The number of nitrogens with one attached hydrogen (secondary N) is 1. The van der Waals surface area contributed by atoms with Gasteiger partial charge in [-0.2, -0.15) is 0 Å². The van der Waals surface area contributed by atoms with Crippen molar-refractivity contribution >= 4 is 5.84 Å². The second-order valence-electron chi connectivity index (χ2n) is 3.31. The summed E-state index contributed by atoms with van der Waals surface area (Å²) in [4.78, 5) is 1.94. The Morgan fingerprint density at radius 1 is 1.31 bits per heavy atom. The molecule has 4 nitrogen and oxygen atoms in total. The molecule has 0 unspecified atom stereocenters. The SMILES string of the molecule is C=CC(=N)N1C[C@@H]2OCCO[C@@H]2C1. The van der Waals surface area contributed by atoms with Crippen molar-refractivity contribution in [3.05, 3.63) is 12.7 Å². The molecular formula is C9H14N2O2. The van der Waals surface area contributed by atoms with E-state index in [9.17, 15) is 0 Å². The lowest BCUT2D eigenvalue weighted by molar-refractivity contribution is -0.116. The van der Waals surface area contributed by atoms with Crippen LogP contribution < -0.4 is 0 Å². The molecule has 13 heavy (non-hydrogen) atoms. The minimum Gasteiger partial charge on any atom is -0.371 e. The first-order valence-electron chi connectivity index (χ1n) is 4.50. The van der Waals surface area contributed by atoms with Crippen molar-refractivity contribution in [3.63, 3.8) is 0 Å². The van der Waals surface area contributed by atoms with Gasteiger partial charge in [0.25, 0.3) is 0 Å². The molecule has 0 aromatic heterocycles. The van der Waals surface area contributed by atoms with Crippen LogP contribution in [0.2, 0.25) is 0 Å². The number of ether oxygens (including phenoxy) is 2. The minimum absolute atomic E-state index is 0.147. The van der Waals surface area contributed by atoms with E-state index in [0.717, 1.165) is 13.1 Å². The largest absolute Gasteiger partial charge is 0.371 e. The molecule has 2 heterocycles. The maximum absolute atomic E-state index is 7.58. The maximum Gasteiger partial charge on any atom is 0.120 e. The molecule has 0 aliphatic carbocycles. The topological polar surface area (TPSA) is 45.6 Å². The summed E-state index contributed by atoms with van der Waals surface area (Å²) in [6, 6.07) is 0. The number of amidine groups is 1. The predicted molar refractivity (Wildman–Crippen MR) is 49.0 cm³/mol. The molecule has 2 atom stereocenters. The Kier molecular flexibility index (Phi) is 2.33. The van der Waals surface area contributed by atoms with E-state index < -0.39 is 0 Å². The first kappa shape index (κ1) is 8.72. The van der Waals surface area contributed by atoms with Gasteiger partial charge in [0.2, 0.25) is 0 Å². The highest BCUT2D eigenvalue weighted by Crippen LogP contribution is 2.20. The maximum atomic E-state index is 7.58. The number of likely N-dealkylation sites (tertiary alicyclic amines) is 1. The highest BCUT2D eigenvalue weighted by Gasteiger charge is 2.36. The van der Waals surface area contributed by atoms with Crippen molar-refractivity contribution in [1.82, 2.24) is 4.90 Å². The van der Waals surface area contributed by atoms with E-state index in [-0.39, 0.29) is 12.2 Å². The average molecular weight is 182 g/mol. The van der Waals surface area contributed by atoms with E-state index in [4.69, 9.17) is 14.9 Å². The van der Waals surface area contributed by atoms with Gasteiger partial charge in [-0.1, -0.05) is 6.58 Å². The van der Waals surface area contributed by atoms with Gasteiger partial charge in [-0.3, -0.25) is 5.41 Å². The van der Waals surface area contributed by atoms with E-state index >= 15 is 0 Å². The number of rotatable bonds is 1. The van der Waals surface area contributed by atoms with Crippen molar-refractivity contribution < 1.29 is 9.47 Å². The number of hydrogen-bond donors (Lipinski definition) is 1. The van der Waals surface area contributed by atoms with Crippen LogP contribution in [0.4, 0.5) is 0 Å². The van der Waals surface area contributed by atoms with Gasteiger partial charge in [-0.05, 0) is 6.08 Å². The smallest absolute Gasteiger partial charge is 0.120 e. The van der Waals surface area contributed by atoms with E-state index in [1.165, 1.54) is 0 Å². The summed E-state index contributed by atoms with van der Waals surface area (Å²) < 4.78 is 11.1. The van der Waals surface area contributed by atoms with Crippen LogP contribution in [0, 0.1) is 5.41 Å². The molecule has 2 fully saturated rings. The Hall–Kier alpha value is -0.870. The van der Waals surface area contributed by atoms with Gasteiger partial charge in [-0.25, -0.2) is 0 Å². The van der Waals surface area contributed by atoms with Crippen LogP contribution in [0.1, 0.15) is 0 Å². The van der Waals surface area contributed by atoms with Gasteiger partial charge in [0, 0.05) is 13.1 Å². The van der Waals surface area contributed by atoms with E-state index in [2.05, 4.69) is 6.58 Å². The Morgan fingerprint density at radius 3 is 2.31 bits per heavy atom. The van der Waals surface area contributed by atoms with Crippen LogP contribution in [-0.2, 0) is 9.47 Å². The Balaban J connectivity index is 1.98. The summed E-state index contributed by atoms with van der Waals surface area (Å²) in [7, 11) is 0. The average Bonchev–Trinajstić information content (AvgIpc) is 2.59. The van der Waals surface area contributed by atoms with Crippen molar-refractivity contribution in [1.29, 1.82) is 5.41 Å². The third-order valence-electron chi connectivity index (χ3n) is 2.50. The Bertz CT molecular complexity index is 216. The minimum atomic E-state index is 0.147. The molecule has 0 aromatic carbocycles. The fraction of sp³-hybridized carbons (Fsp3) is 0.667. The van der Waals surface area contributed by atoms with Crippen LogP contribution in [-0.4, -0.2) is 49.2 Å². The molecule has 72 valence electrons. The van der Waals surface area contributed by atoms with E-state index in [1.807, 2.05) is 4.90 Å². The fourth-order valence-corrected chi connectivity index (χ4v) is 1.79. The zero-order valence-corrected chi connectivity index (χ0v) is 7.53. The molecule has 2 aliphatic heterocycles. The van der Waals surface area contributed by atoms with Gasteiger partial charge in [0.05, 0.1) is 13.2 Å². The van der Waals surface area contributed by atoms with Crippen LogP contribution in [0.3, 0.4) is 0 Å². The van der Waals surface area contributed by atoms with Crippen LogP contribution in [0.5, 0.6) is 0 Å². The zero-order chi connectivity index (χ0) is 9.26. The quantitative estimate of drug-likeness (QED) is 0.467. The van der Waals surface area contributed by atoms with Crippen molar-refractivity contribution in [2.45, 2.75) is 12.2 Å². The summed E-state index contributed by atoms with van der Waals surface area (Å²) in [5.41, 5.74) is 0. The molecule has 1 N–H and O–H groups in total. The summed E-state index contributed by atoms with van der Waals surface area (Å²) in [5, 5.41) is 7.58. The van der Waals surface area contributed by atoms with Gasteiger partial charge in [0.1, 0.15) is 18.0 Å². The summed E-state index contributed by atoms with van der Waals surface area (Å²) >= 11 is 0. The monoisotopic (exact) mass is 182 g/mol. The number of fused-ring (bicyclic) bond motifs is 1. The number of nitrogens with zero attached hydrogens (tertiary/aromatic N) is 1. The molecule has 0 aromatic rings. The van der Waals surface area contributed by atoms with E-state index in [0.29, 0.717) is 19.0 Å². The summed E-state index contributed by atoms with van der Waals surface area (Å²) in [6.45, 7) is 6.45. The van der Waals surface area contributed by atoms with Crippen molar-refractivity contribution in [2.75, 3.05) is 26.3 Å². The highest BCUT2D eigenvalue weighted by atomic mass is 16.6. The molecule has 2 rings (SSSR count). The van der Waals surface area contributed by atoms with Crippen LogP contribution in [0.25, 0.3) is 0 Å². The van der Waals surface area contributed by atoms with E-state index in [1.54, 1.807) is 6.08 Å². The molecule has 0 bridgehead atoms. The molecule has 0 amide bonds. The zero-order valence-electron chi connectivity index (χ0n) is 7.53. The lowest BCUT2D eigenvalue weighted by Crippen LogP contribution is -2.36. The lowest BCUT2D eigenvalue weighted by Gasteiger charge is -2.24. The van der Waals surface area contributed by atoms with Gasteiger partial charge in [-0.15, -0.1) is 0 Å². The second-order valence-corrected chi connectivity index (χ2v) is 3.31. The molecule has 2 saturated heterocycles. The lowest BCUT2D eigenvalue weighted by atomic mass is 10.2. The van der Waals surface area contributed by atoms with Crippen LogP contribution >= 0.6 is 0 Å². The standard InChI is InChI=1S/C9H14N2O2/c1-2-9(10)11-5-7-8(6-11)13-4-3-12-7/h2,7-8,10H,1,3-6H2/t7-,8+. The second kappa shape index (κ2) is 3.47. The summed E-state index contributed by atoms with van der Waals surface area (Å²) in [6.07, 6.45) is 1.85. The highest BCUT2D eigenvalue weighted by molar-refractivity contribution is 5.89. The molecule has 0 radical (unpaired) electrons. The van der Waals surface area contributed by atoms with Crippen LogP contribution in [0.15, 0.2) is 12.7 Å². The Morgan fingerprint density at radius 2 is 1.85 bits per heavy atom. The predicted octanol–water partition coefficient (Wildman–Crippen LogP) is 0.249. The molecule has 0 spiro atoms. The first-order valence-corrected chi connectivity index (χ1v) is 4.50. The normalized spacial score (nSPS) is 32.8. The van der Waals surface area contributed by atoms with Crippen molar-refractivity contribution in [2.24, 2.45) is 0 Å². The third kappa shape index (κ3) is 1.59. The summed E-state index contributed by atoms with van der Waals surface area (Å²) in [5.74, 6) is 0.460. The molecule has 0 saturated carbocycles. The van der Waals surface area contributed by atoms with Crippen molar-refractivity contribution in [3.8, 4) is 0 Å². The molecule has 4 heteroatoms. The van der Waals surface area contributed by atoms with Gasteiger partial charge < -0.3 is 14.4 Å². The van der Waals surface area contributed by atoms with Gasteiger partial charge >= 0.3 is 0 Å². The van der Waals surface area contributed by atoms with Gasteiger partial charge in [0.15, 0.2) is 0 Å². The molecule has 2 aliphatic rings. The molecular weight excluding hydrogens is 168 g/mol.